The molecular weight excluding hydrogens is 180 g/mol. The molecule has 0 saturated heterocycles. The maximum atomic E-state index is 3.84. The van der Waals surface area contributed by atoms with E-state index in [1.807, 2.05) is 19.3 Å². The summed E-state index contributed by atoms with van der Waals surface area (Å²) in [7, 11) is 2.02. The van der Waals surface area contributed by atoms with Gasteiger partial charge in [-0.05, 0) is 12.1 Å². The predicted octanol–water partition coefficient (Wildman–Crippen LogP) is -0.172. The molecule has 0 saturated carbocycles. The molecule has 2 heterocycles. The Morgan fingerprint density at radius 3 is 3.07 bits per heavy atom. The lowest BCUT2D eigenvalue weighted by Crippen LogP contribution is -2.15. The molecule has 0 aliphatic rings. The third kappa shape index (κ3) is 1.97. The molecule has 0 atom stereocenters. The molecule has 2 aromatic heterocycles. The second-order valence-corrected chi connectivity index (χ2v) is 3.04. The van der Waals surface area contributed by atoms with Gasteiger partial charge in [-0.1, -0.05) is 5.21 Å². The molecule has 0 aliphatic carbocycles. The van der Waals surface area contributed by atoms with Crippen molar-refractivity contribution in [2.75, 3.05) is 0 Å². The monoisotopic (exact) mass is 192 g/mol. The van der Waals surface area contributed by atoms with Crippen molar-refractivity contribution in [1.29, 1.82) is 0 Å². The van der Waals surface area contributed by atoms with Crippen molar-refractivity contribution in [1.82, 2.24) is 30.5 Å². The van der Waals surface area contributed by atoms with Crippen LogP contribution in [-0.2, 0) is 20.1 Å². The summed E-state index contributed by atoms with van der Waals surface area (Å²) in [5.41, 5.74) is 1.23. The molecule has 2 rings (SSSR count). The summed E-state index contributed by atoms with van der Waals surface area (Å²) in [5.74, 6) is 0.680. The zero-order chi connectivity index (χ0) is 9.80. The van der Waals surface area contributed by atoms with Crippen molar-refractivity contribution in [3.05, 3.63) is 29.8 Å². The Hall–Kier alpha value is -1.69. The number of rotatable bonds is 4. The molecule has 0 bridgehead atoms. The minimum atomic E-state index is 0.627. The highest BCUT2D eigenvalue weighted by Crippen LogP contribution is 1.98. The van der Waals surface area contributed by atoms with Gasteiger partial charge in [0.05, 0.1) is 6.54 Å². The summed E-state index contributed by atoms with van der Waals surface area (Å²) in [6.45, 7) is 1.43. The first-order chi connectivity index (χ1) is 6.86. The zero-order valence-electron chi connectivity index (χ0n) is 7.94. The van der Waals surface area contributed by atoms with Crippen molar-refractivity contribution < 1.29 is 0 Å². The van der Waals surface area contributed by atoms with E-state index in [4.69, 9.17) is 0 Å². The number of aromatic nitrogens is 5. The molecule has 0 unspecified atom stereocenters. The normalized spacial score (nSPS) is 10.6. The molecular formula is C8H12N6. The first kappa shape index (κ1) is 8.89. The van der Waals surface area contributed by atoms with Gasteiger partial charge in [0.15, 0.2) is 5.82 Å². The zero-order valence-corrected chi connectivity index (χ0v) is 7.94. The summed E-state index contributed by atoms with van der Waals surface area (Å²) in [5, 5.41) is 16.8. The van der Waals surface area contributed by atoms with Gasteiger partial charge in [-0.25, -0.2) is 0 Å². The van der Waals surface area contributed by atoms with E-state index in [1.54, 1.807) is 0 Å². The summed E-state index contributed by atoms with van der Waals surface area (Å²) in [6, 6.07) is 4.09. The first-order valence-corrected chi connectivity index (χ1v) is 4.39. The van der Waals surface area contributed by atoms with Gasteiger partial charge in [-0.2, -0.15) is 5.21 Å². The van der Waals surface area contributed by atoms with E-state index in [2.05, 4.69) is 36.6 Å². The SMILES string of the molecule is Cn1cccc1CNCc1nn[nH]n1. The molecule has 0 aliphatic heterocycles. The third-order valence-electron chi connectivity index (χ3n) is 2.03. The molecule has 0 spiro atoms. The number of aromatic amines is 1. The fraction of sp³-hybridized carbons (Fsp3) is 0.375. The van der Waals surface area contributed by atoms with Crippen LogP contribution in [0.25, 0.3) is 0 Å². The van der Waals surface area contributed by atoms with Crippen LogP contribution in [0.2, 0.25) is 0 Å². The largest absolute Gasteiger partial charge is 0.353 e. The molecule has 0 aromatic carbocycles. The summed E-state index contributed by atoms with van der Waals surface area (Å²) in [6.07, 6.45) is 2.02. The molecule has 0 amide bonds. The fourth-order valence-electron chi connectivity index (χ4n) is 1.24. The lowest BCUT2D eigenvalue weighted by Gasteiger charge is -2.03. The van der Waals surface area contributed by atoms with E-state index in [-0.39, 0.29) is 0 Å². The van der Waals surface area contributed by atoms with E-state index in [1.165, 1.54) is 5.69 Å². The fourth-order valence-corrected chi connectivity index (χ4v) is 1.24. The number of nitrogens with one attached hydrogen (secondary N) is 2. The van der Waals surface area contributed by atoms with Gasteiger partial charge in [0, 0.05) is 25.5 Å². The van der Waals surface area contributed by atoms with Crippen LogP contribution in [0.4, 0.5) is 0 Å². The van der Waals surface area contributed by atoms with E-state index in [9.17, 15) is 0 Å². The number of nitrogens with zero attached hydrogens (tertiary/aromatic N) is 4. The van der Waals surface area contributed by atoms with Crippen molar-refractivity contribution in [2.45, 2.75) is 13.1 Å². The van der Waals surface area contributed by atoms with Crippen molar-refractivity contribution in [2.24, 2.45) is 7.05 Å². The Morgan fingerprint density at radius 1 is 1.50 bits per heavy atom. The van der Waals surface area contributed by atoms with Crippen LogP contribution >= 0.6 is 0 Å². The summed E-state index contributed by atoms with van der Waals surface area (Å²) < 4.78 is 2.07. The Kier molecular flexibility index (Phi) is 2.55. The average Bonchev–Trinajstić information content (AvgIpc) is 2.78. The standard InChI is InChI=1S/C8H12N6/c1-14-4-2-3-7(14)5-9-6-8-10-12-13-11-8/h2-4,9H,5-6H2,1H3,(H,10,11,12,13). The van der Waals surface area contributed by atoms with E-state index in [0.717, 1.165) is 6.54 Å². The van der Waals surface area contributed by atoms with Gasteiger partial charge in [0.1, 0.15) is 0 Å². The van der Waals surface area contributed by atoms with Crippen LogP contribution in [0, 0.1) is 0 Å². The quantitative estimate of drug-likeness (QED) is 0.705. The molecule has 6 nitrogen and oxygen atoms in total. The lowest BCUT2D eigenvalue weighted by atomic mass is 10.4. The highest BCUT2D eigenvalue weighted by atomic mass is 15.5. The lowest BCUT2D eigenvalue weighted by molar-refractivity contribution is 0.634. The van der Waals surface area contributed by atoms with Crippen molar-refractivity contribution in [3.8, 4) is 0 Å². The molecule has 0 fully saturated rings. The van der Waals surface area contributed by atoms with Crippen LogP contribution in [0.5, 0.6) is 0 Å². The Morgan fingerprint density at radius 2 is 2.43 bits per heavy atom. The van der Waals surface area contributed by atoms with Crippen LogP contribution in [-0.4, -0.2) is 25.2 Å². The molecule has 2 N–H and O–H groups in total. The van der Waals surface area contributed by atoms with Crippen molar-refractivity contribution >= 4 is 0 Å². The first-order valence-electron chi connectivity index (χ1n) is 4.39. The van der Waals surface area contributed by atoms with Gasteiger partial charge < -0.3 is 9.88 Å². The Balaban J connectivity index is 1.81. The van der Waals surface area contributed by atoms with Crippen LogP contribution < -0.4 is 5.32 Å². The van der Waals surface area contributed by atoms with E-state index >= 15 is 0 Å². The van der Waals surface area contributed by atoms with Gasteiger partial charge in [0.25, 0.3) is 0 Å². The predicted molar refractivity (Wildman–Crippen MR) is 50.1 cm³/mol. The molecule has 2 aromatic rings. The molecule has 14 heavy (non-hydrogen) atoms. The maximum Gasteiger partial charge on any atom is 0.188 e. The Bertz CT molecular complexity index is 376. The van der Waals surface area contributed by atoms with Gasteiger partial charge in [-0.15, -0.1) is 10.2 Å². The number of hydrogen-bond donors (Lipinski definition) is 2. The second-order valence-electron chi connectivity index (χ2n) is 3.04. The van der Waals surface area contributed by atoms with E-state index < -0.39 is 0 Å². The van der Waals surface area contributed by atoms with Crippen LogP contribution in [0.3, 0.4) is 0 Å². The molecule has 0 radical (unpaired) electrons. The highest BCUT2D eigenvalue weighted by Gasteiger charge is 1.99. The highest BCUT2D eigenvalue weighted by molar-refractivity contribution is 5.05. The van der Waals surface area contributed by atoms with E-state index in [0.29, 0.717) is 12.4 Å². The third-order valence-corrected chi connectivity index (χ3v) is 2.03. The average molecular weight is 192 g/mol. The van der Waals surface area contributed by atoms with Crippen molar-refractivity contribution in [3.63, 3.8) is 0 Å². The summed E-state index contributed by atoms with van der Waals surface area (Å²) in [4.78, 5) is 0. The molecule has 6 heteroatoms. The van der Waals surface area contributed by atoms with Gasteiger partial charge in [0.2, 0.25) is 0 Å². The number of hydrogen-bond acceptors (Lipinski definition) is 4. The smallest absolute Gasteiger partial charge is 0.188 e. The maximum absolute atomic E-state index is 3.84. The van der Waals surface area contributed by atoms with Gasteiger partial charge >= 0.3 is 0 Å². The van der Waals surface area contributed by atoms with Gasteiger partial charge in [-0.3, -0.25) is 0 Å². The van der Waals surface area contributed by atoms with Crippen LogP contribution in [0.1, 0.15) is 11.5 Å². The minimum absolute atomic E-state index is 0.627. The number of tetrazole rings is 1. The minimum Gasteiger partial charge on any atom is -0.353 e. The molecule has 74 valence electrons. The Labute approximate surface area is 81.3 Å². The topological polar surface area (TPSA) is 71.4 Å². The van der Waals surface area contributed by atoms with Crippen LogP contribution in [0.15, 0.2) is 18.3 Å². The number of H-pyrrole nitrogens is 1. The number of aryl methyl sites for hydroxylation is 1. The summed E-state index contributed by atoms with van der Waals surface area (Å²) >= 11 is 0. The second kappa shape index (κ2) is 4.01.